The predicted octanol–water partition coefficient (Wildman–Crippen LogP) is 6.77. The molecular formula is C29H42O6. The van der Waals surface area contributed by atoms with Crippen molar-refractivity contribution in [1.29, 1.82) is 0 Å². The van der Waals surface area contributed by atoms with Crippen molar-refractivity contribution in [3.63, 3.8) is 0 Å². The SMILES string of the molecule is CCC(C)(C)C(=O)OC(c1ccc(OC(OC)C(C)C)cc1)c1ccc(OC(OC)C(C)C)cc1. The molecule has 0 saturated heterocycles. The Morgan fingerprint density at radius 3 is 1.40 bits per heavy atom. The Labute approximate surface area is 210 Å². The largest absolute Gasteiger partial charge is 0.465 e. The molecule has 2 aromatic rings. The van der Waals surface area contributed by atoms with Crippen LogP contribution in [0, 0.1) is 17.3 Å². The molecule has 0 aliphatic heterocycles. The smallest absolute Gasteiger partial charge is 0.312 e. The van der Waals surface area contributed by atoms with Crippen molar-refractivity contribution < 1.29 is 28.5 Å². The van der Waals surface area contributed by atoms with E-state index < -0.39 is 11.5 Å². The number of hydrogen-bond acceptors (Lipinski definition) is 6. The van der Waals surface area contributed by atoms with Crippen LogP contribution >= 0.6 is 0 Å². The van der Waals surface area contributed by atoms with Gasteiger partial charge in [0, 0.05) is 26.1 Å². The molecule has 0 aliphatic rings. The Bertz CT molecular complexity index is 840. The molecule has 35 heavy (non-hydrogen) atoms. The van der Waals surface area contributed by atoms with Crippen LogP contribution in [-0.4, -0.2) is 32.8 Å². The molecule has 0 radical (unpaired) electrons. The number of rotatable bonds is 13. The summed E-state index contributed by atoms with van der Waals surface area (Å²) >= 11 is 0. The Morgan fingerprint density at radius 2 is 1.11 bits per heavy atom. The fourth-order valence-electron chi connectivity index (χ4n) is 3.36. The van der Waals surface area contributed by atoms with Crippen LogP contribution in [0.25, 0.3) is 0 Å². The van der Waals surface area contributed by atoms with E-state index in [4.69, 9.17) is 23.7 Å². The maximum Gasteiger partial charge on any atom is 0.312 e. The average Bonchev–Trinajstić information content (AvgIpc) is 2.84. The van der Waals surface area contributed by atoms with Crippen LogP contribution in [0.5, 0.6) is 11.5 Å². The summed E-state index contributed by atoms with van der Waals surface area (Å²) in [5.74, 6) is 1.55. The Balaban J connectivity index is 2.33. The summed E-state index contributed by atoms with van der Waals surface area (Å²) in [7, 11) is 3.26. The van der Waals surface area contributed by atoms with Gasteiger partial charge >= 0.3 is 5.97 Å². The summed E-state index contributed by atoms with van der Waals surface area (Å²) in [6.45, 7) is 13.9. The Kier molecular flexibility index (Phi) is 10.6. The van der Waals surface area contributed by atoms with E-state index >= 15 is 0 Å². The summed E-state index contributed by atoms with van der Waals surface area (Å²) in [5.41, 5.74) is 1.11. The first-order valence-electron chi connectivity index (χ1n) is 12.3. The van der Waals surface area contributed by atoms with E-state index in [2.05, 4.69) is 0 Å². The quantitative estimate of drug-likeness (QED) is 0.230. The molecule has 2 aromatic carbocycles. The topological polar surface area (TPSA) is 63.2 Å². The van der Waals surface area contributed by atoms with Crippen molar-refractivity contribution >= 4 is 5.97 Å². The molecular weight excluding hydrogens is 444 g/mol. The van der Waals surface area contributed by atoms with Gasteiger partial charge in [-0.15, -0.1) is 0 Å². The van der Waals surface area contributed by atoms with Crippen LogP contribution in [0.4, 0.5) is 0 Å². The van der Waals surface area contributed by atoms with Gasteiger partial charge in [-0.25, -0.2) is 0 Å². The number of carbonyl (C=O) groups excluding carboxylic acids is 1. The van der Waals surface area contributed by atoms with Gasteiger partial charge in [0.2, 0.25) is 12.6 Å². The second-order valence-corrected chi connectivity index (χ2v) is 10.1. The molecule has 0 fully saturated rings. The van der Waals surface area contributed by atoms with Crippen LogP contribution in [0.1, 0.15) is 72.1 Å². The number of carbonyl (C=O) groups is 1. The van der Waals surface area contributed by atoms with E-state index in [1.807, 2.05) is 97.0 Å². The van der Waals surface area contributed by atoms with Gasteiger partial charge < -0.3 is 23.7 Å². The second-order valence-electron chi connectivity index (χ2n) is 10.1. The number of methoxy groups -OCH3 is 2. The zero-order valence-electron chi connectivity index (χ0n) is 22.7. The minimum absolute atomic E-state index is 0.207. The molecule has 0 saturated carbocycles. The first-order valence-corrected chi connectivity index (χ1v) is 12.3. The third-order valence-electron chi connectivity index (χ3n) is 6.08. The fraction of sp³-hybridized carbons (Fsp3) is 0.552. The Hall–Kier alpha value is -2.57. The first-order chi connectivity index (χ1) is 16.5. The first kappa shape index (κ1) is 28.7. The van der Waals surface area contributed by atoms with Crippen molar-refractivity contribution in [2.45, 2.75) is 73.6 Å². The third-order valence-corrected chi connectivity index (χ3v) is 6.08. The zero-order valence-corrected chi connectivity index (χ0v) is 22.7. The van der Waals surface area contributed by atoms with Crippen molar-refractivity contribution in [2.24, 2.45) is 17.3 Å². The van der Waals surface area contributed by atoms with Gasteiger partial charge in [-0.1, -0.05) is 58.9 Å². The molecule has 2 rings (SSSR count). The average molecular weight is 487 g/mol. The number of esters is 1. The van der Waals surface area contributed by atoms with E-state index in [1.165, 1.54) is 0 Å². The minimum atomic E-state index is -0.587. The monoisotopic (exact) mass is 486 g/mol. The molecule has 0 spiro atoms. The molecule has 0 aromatic heterocycles. The highest BCUT2D eigenvalue weighted by Gasteiger charge is 2.31. The zero-order chi connectivity index (χ0) is 26.2. The third kappa shape index (κ3) is 7.97. The van der Waals surface area contributed by atoms with Gasteiger partial charge in [-0.3, -0.25) is 4.79 Å². The van der Waals surface area contributed by atoms with E-state index in [0.717, 1.165) is 11.1 Å². The molecule has 6 heteroatoms. The molecule has 194 valence electrons. The molecule has 0 N–H and O–H groups in total. The number of benzene rings is 2. The van der Waals surface area contributed by atoms with E-state index in [1.54, 1.807) is 14.2 Å². The summed E-state index contributed by atoms with van der Waals surface area (Å²) in [5, 5.41) is 0. The van der Waals surface area contributed by atoms with Gasteiger partial charge in [-0.05, 0) is 55.7 Å². The summed E-state index contributed by atoms with van der Waals surface area (Å²) in [6, 6.07) is 15.2. The van der Waals surface area contributed by atoms with Gasteiger partial charge in [0.25, 0.3) is 0 Å². The van der Waals surface area contributed by atoms with E-state index in [0.29, 0.717) is 17.9 Å². The van der Waals surface area contributed by atoms with E-state index in [-0.39, 0.29) is 30.4 Å². The predicted molar refractivity (Wildman–Crippen MR) is 137 cm³/mol. The minimum Gasteiger partial charge on any atom is -0.465 e. The van der Waals surface area contributed by atoms with Crippen molar-refractivity contribution in [2.75, 3.05) is 14.2 Å². The number of ether oxygens (including phenoxy) is 5. The molecule has 0 amide bonds. The van der Waals surface area contributed by atoms with Gasteiger partial charge in [0.15, 0.2) is 6.10 Å². The van der Waals surface area contributed by atoms with Crippen LogP contribution in [0.3, 0.4) is 0 Å². The van der Waals surface area contributed by atoms with Crippen molar-refractivity contribution in [1.82, 2.24) is 0 Å². The summed E-state index contributed by atoms with van der Waals surface area (Å²) in [6.07, 6.45) is -0.564. The highest BCUT2D eigenvalue weighted by molar-refractivity contribution is 5.76. The summed E-state index contributed by atoms with van der Waals surface area (Å²) in [4.78, 5) is 13.0. The lowest BCUT2D eigenvalue weighted by molar-refractivity contribution is -0.158. The second kappa shape index (κ2) is 12.9. The van der Waals surface area contributed by atoms with Crippen molar-refractivity contribution in [3.8, 4) is 11.5 Å². The molecule has 0 heterocycles. The lowest BCUT2D eigenvalue weighted by Crippen LogP contribution is -2.28. The van der Waals surface area contributed by atoms with Crippen LogP contribution in [0.15, 0.2) is 48.5 Å². The normalized spacial score (nSPS) is 14.5. The van der Waals surface area contributed by atoms with Gasteiger partial charge in [0.1, 0.15) is 11.5 Å². The highest BCUT2D eigenvalue weighted by atomic mass is 16.7. The summed E-state index contributed by atoms with van der Waals surface area (Å²) < 4.78 is 28.8. The maximum atomic E-state index is 13.0. The molecule has 0 aliphatic carbocycles. The van der Waals surface area contributed by atoms with E-state index in [9.17, 15) is 4.79 Å². The lowest BCUT2D eigenvalue weighted by Gasteiger charge is -2.27. The van der Waals surface area contributed by atoms with Crippen LogP contribution in [0.2, 0.25) is 0 Å². The van der Waals surface area contributed by atoms with Crippen LogP contribution < -0.4 is 9.47 Å². The van der Waals surface area contributed by atoms with Gasteiger partial charge in [-0.2, -0.15) is 0 Å². The van der Waals surface area contributed by atoms with Crippen LogP contribution in [-0.2, 0) is 19.0 Å². The molecule has 2 atom stereocenters. The molecule has 2 unspecified atom stereocenters. The van der Waals surface area contributed by atoms with Gasteiger partial charge in [0.05, 0.1) is 5.41 Å². The lowest BCUT2D eigenvalue weighted by atomic mass is 9.90. The molecule has 6 nitrogen and oxygen atoms in total. The molecule has 0 bridgehead atoms. The Morgan fingerprint density at radius 1 is 0.743 bits per heavy atom. The van der Waals surface area contributed by atoms with Crippen molar-refractivity contribution in [3.05, 3.63) is 59.7 Å². The maximum absolute atomic E-state index is 13.0. The standard InChI is InChI=1S/C29H42O6/c1-10-29(6,7)28(30)35-25(21-11-15-23(16-12-21)33-26(31-8)19(2)3)22-13-17-24(18-14-22)34-27(32-9)20(4)5/h11-20,25-27H,10H2,1-9H3. The fourth-order valence-corrected chi connectivity index (χ4v) is 3.36. The highest BCUT2D eigenvalue weighted by Crippen LogP contribution is 2.33. The number of hydrogen-bond donors (Lipinski definition) is 0.